The Bertz CT molecular complexity index is 1080. The fraction of sp³-hybridized carbons (Fsp3) is 0.111. The number of terminal acetylenes is 1. The number of anilines is 2. The molecular weight excluding hydrogens is 411 g/mol. The molecule has 0 fully saturated rings. The number of amides is 2. The fourth-order valence-electron chi connectivity index (χ4n) is 2.09. The first-order chi connectivity index (χ1) is 13.5. The number of carbonyl (C=O) groups excluding carboxylic acids is 2. The molecule has 3 N–H and O–H groups in total. The lowest BCUT2D eigenvalue weighted by atomic mass is 10.2. The van der Waals surface area contributed by atoms with Crippen molar-refractivity contribution in [1.29, 1.82) is 0 Å². The zero-order valence-corrected chi connectivity index (χ0v) is 15.4. The van der Waals surface area contributed by atoms with Gasteiger partial charge in [-0.25, -0.2) is 0 Å². The van der Waals surface area contributed by atoms with Crippen LogP contribution in [0, 0.1) is 12.3 Å². The maximum atomic E-state index is 12.4. The van der Waals surface area contributed by atoms with E-state index in [4.69, 9.17) is 6.42 Å². The molecule has 29 heavy (non-hydrogen) atoms. The molecule has 0 spiro atoms. The molecule has 0 aliphatic heterocycles. The van der Waals surface area contributed by atoms with Gasteiger partial charge in [0.25, 0.3) is 5.91 Å². The highest BCUT2D eigenvalue weighted by Crippen LogP contribution is 2.25. The summed E-state index contributed by atoms with van der Waals surface area (Å²) < 4.78 is 60.9. The summed E-state index contributed by atoms with van der Waals surface area (Å²) in [6.07, 6.45) is 5.26. The Morgan fingerprint density at radius 1 is 1.03 bits per heavy atom. The molecule has 2 aromatic carbocycles. The fourth-order valence-corrected chi connectivity index (χ4v) is 2.64. The first-order valence-electron chi connectivity index (χ1n) is 7.86. The van der Waals surface area contributed by atoms with Crippen molar-refractivity contribution in [3.8, 4) is 12.3 Å². The second kappa shape index (κ2) is 8.66. The lowest BCUT2D eigenvalue weighted by Gasteiger charge is -2.11. The molecule has 2 amide bonds. The van der Waals surface area contributed by atoms with Gasteiger partial charge in [0.2, 0.25) is 5.91 Å². The molecule has 0 aliphatic rings. The minimum Gasteiger partial charge on any atom is -0.343 e. The van der Waals surface area contributed by atoms with Crippen molar-refractivity contribution in [1.82, 2.24) is 5.32 Å². The number of rotatable bonds is 6. The smallest absolute Gasteiger partial charge is 0.343 e. The summed E-state index contributed by atoms with van der Waals surface area (Å²) in [5, 5.41) is 4.79. The average Bonchev–Trinajstić information content (AvgIpc) is 2.65. The number of halogens is 3. The number of alkyl halides is 3. The van der Waals surface area contributed by atoms with Gasteiger partial charge in [0, 0.05) is 22.5 Å². The van der Waals surface area contributed by atoms with Crippen LogP contribution in [0.4, 0.5) is 24.5 Å². The predicted molar refractivity (Wildman–Crippen MR) is 100 cm³/mol. The molecule has 2 aromatic rings. The normalized spacial score (nSPS) is 11.2. The van der Waals surface area contributed by atoms with E-state index in [1.54, 1.807) is 24.3 Å². The zero-order chi connectivity index (χ0) is 21.7. The van der Waals surface area contributed by atoms with Crippen LogP contribution in [-0.2, 0) is 14.8 Å². The topological polar surface area (TPSA) is 104 Å². The van der Waals surface area contributed by atoms with Crippen LogP contribution in [0.3, 0.4) is 0 Å². The largest absolute Gasteiger partial charge is 0.516 e. The monoisotopic (exact) mass is 425 g/mol. The minimum atomic E-state index is -5.62. The number of hydrogen-bond acceptors (Lipinski definition) is 4. The third-order valence-corrected chi connectivity index (χ3v) is 4.52. The third-order valence-electron chi connectivity index (χ3n) is 3.40. The van der Waals surface area contributed by atoms with E-state index in [1.807, 2.05) is 0 Å². The lowest BCUT2D eigenvalue weighted by molar-refractivity contribution is -0.115. The molecule has 152 valence electrons. The van der Waals surface area contributed by atoms with Crippen LogP contribution in [0.1, 0.15) is 15.9 Å². The molecule has 0 aromatic heterocycles. The summed E-state index contributed by atoms with van der Waals surface area (Å²) in [5.41, 5.74) is -5.13. The Morgan fingerprint density at radius 2 is 1.69 bits per heavy atom. The molecule has 2 rings (SSSR count). The molecule has 0 radical (unpaired) electrons. The Labute approximate surface area is 164 Å². The van der Waals surface area contributed by atoms with Crippen LogP contribution in [0.2, 0.25) is 0 Å². The van der Waals surface area contributed by atoms with Gasteiger partial charge in [0.05, 0.1) is 6.54 Å². The number of carbonyl (C=O) groups is 2. The van der Waals surface area contributed by atoms with Gasteiger partial charge < -0.3 is 10.6 Å². The second-order valence-corrected chi connectivity index (χ2v) is 7.26. The summed E-state index contributed by atoms with van der Waals surface area (Å²) in [6, 6.07) is 10.8. The van der Waals surface area contributed by atoms with Crippen molar-refractivity contribution in [3.63, 3.8) is 0 Å². The summed E-state index contributed by atoms with van der Waals surface area (Å²) in [7, 11) is -5.62. The van der Waals surface area contributed by atoms with Gasteiger partial charge in [-0.05, 0) is 36.4 Å². The van der Waals surface area contributed by atoms with E-state index in [9.17, 15) is 31.2 Å². The van der Waals surface area contributed by atoms with E-state index in [-0.39, 0.29) is 5.56 Å². The van der Waals surface area contributed by atoms with Crippen LogP contribution in [0.15, 0.2) is 48.5 Å². The van der Waals surface area contributed by atoms with Gasteiger partial charge in [0.1, 0.15) is 0 Å². The van der Waals surface area contributed by atoms with E-state index in [0.29, 0.717) is 11.3 Å². The number of hydrogen-bond donors (Lipinski definition) is 3. The van der Waals surface area contributed by atoms with Crippen molar-refractivity contribution >= 4 is 33.2 Å². The van der Waals surface area contributed by atoms with E-state index in [1.165, 1.54) is 16.9 Å². The zero-order valence-electron chi connectivity index (χ0n) is 14.6. The van der Waals surface area contributed by atoms with E-state index in [2.05, 4.69) is 16.6 Å². The molecule has 0 bridgehead atoms. The maximum Gasteiger partial charge on any atom is 0.516 e. The Morgan fingerprint density at radius 3 is 2.34 bits per heavy atom. The van der Waals surface area contributed by atoms with Crippen LogP contribution < -0.4 is 15.4 Å². The van der Waals surface area contributed by atoms with Crippen LogP contribution >= 0.6 is 0 Å². The highest BCUT2D eigenvalue weighted by molar-refractivity contribution is 7.93. The Hall–Kier alpha value is -3.52. The van der Waals surface area contributed by atoms with Gasteiger partial charge in [-0.1, -0.05) is 18.1 Å². The van der Waals surface area contributed by atoms with Crippen molar-refractivity contribution in [3.05, 3.63) is 59.7 Å². The SMILES string of the molecule is C#Cc1cccc(NC(=O)CNC(=O)c2cccc(NS(=O)(=O)C(F)(F)F)c2)c1. The molecule has 0 saturated carbocycles. The van der Waals surface area contributed by atoms with Crippen LogP contribution in [0.5, 0.6) is 0 Å². The second-order valence-electron chi connectivity index (χ2n) is 5.59. The highest BCUT2D eigenvalue weighted by Gasteiger charge is 2.46. The highest BCUT2D eigenvalue weighted by atomic mass is 32.2. The first kappa shape index (κ1) is 21.8. The Balaban J connectivity index is 1.99. The summed E-state index contributed by atoms with van der Waals surface area (Å²) in [4.78, 5) is 24.0. The van der Waals surface area contributed by atoms with E-state index < -0.39 is 39.6 Å². The van der Waals surface area contributed by atoms with E-state index in [0.717, 1.165) is 12.1 Å². The van der Waals surface area contributed by atoms with Gasteiger partial charge in [-0.15, -0.1) is 6.42 Å². The molecule has 0 saturated heterocycles. The molecule has 0 atom stereocenters. The van der Waals surface area contributed by atoms with Crippen molar-refractivity contribution in [2.75, 3.05) is 16.6 Å². The number of benzene rings is 2. The minimum absolute atomic E-state index is 0.144. The summed E-state index contributed by atoms with van der Waals surface area (Å²) >= 11 is 0. The summed E-state index contributed by atoms with van der Waals surface area (Å²) in [6.45, 7) is -0.433. The Kier molecular flexibility index (Phi) is 6.50. The van der Waals surface area contributed by atoms with Crippen LogP contribution in [0.25, 0.3) is 0 Å². The van der Waals surface area contributed by atoms with Gasteiger partial charge in [0.15, 0.2) is 0 Å². The molecule has 7 nitrogen and oxygen atoms in total. The summed E-state index contributed by atoms with van der Waals surface area (Å²) in [5.74, 6) is 1.05. The quantitative estimate of drug-likeness (QED) is 0.618. The van der Waals surface area contributed by atoms with Gasteiger partial charge >= 0.3 is 15.5 Å². The molecule has 0 heterocycles. The van der Waals surface area contributed by atoms with Crippen LogP contribution in [-0.4, -0.2) is 32.3 Å². The first-order valence-corrected chi connectivity index (χ1v) is 9.34. The number of sulfonamides is 1. The third kappa shape index (κ3) is 5.98. The van der Waals surface area contributed by atoms with Crippen molar-refractivity contribution in [2.45, 2.75) is 5.51 Å². The standard InChI is InChI=1S/C18H14F3N3O4S/c1-2-12-5-3-7-14(9-12)23-16(25)11-22-17(26)13-6-4-8-15(10-13)24-29(27,28)18(19,20)21/h1,3-10,24H,11H2,(H,22,26)(H,23,25). The predicted octanol–water partition coefficient (Wildman–Crippen LogP) is 2.30. The lowest BCUT2D eigenvalue weighted by Crippen LogP contribution is -2.33. The molecule has 0 aliphatic carbocycles. The molecule has 0 unspecified atom stereocenters. The average molecular weight is 425 g/mol. The maximum absolute atomic E-state index is 12.4. The number of nitrogens with one attached hydrogen (secondary N) is 3. The van der Waals surface area contributed by atoms with E-state index >= 15 is 0 Å². The van der Waals surface area contributed by atoms with Crippen molar-refractivity contribution in [2.24, 2.45) is 0 Å². The molecular formula is C18H14F3N3O4S. The van der Waals surface area contributed by atoms with Crippen molar-refractivity contribution < 1.29 is 31.2 Å². The van der Waals surface area contributed by atoms with Gasteiger partial charge in [-0.2, -0.15) is 21.6 Å². The molecule has 11 heteroatoms. The van der Waals surface area contributed by atoms with Gasteiger partial charge in [-0.3, -0.25) is 14.3 Å².